The van der Waals surface area contributed by atoms with Crippen molar-refractivity contribution in [3.63, 3.8) is 0 Å². The number of ketones is 1. The van der Waals surface area contributed by atoms with Gasteiger partial charge < -0.3 is 24.7 Å². The summed E-state index contributed by atoms with van der Waals surface area (Å²) in [4.78, 5) is 41.1. The monoisotopic (exact) mass is 530 g/mol. The summed E-state index contributed by atoms with van der Waals surface area (Å²) < 4.78 is 13.3. The number of carbonyl (C=O) groups is 3. The van der Waals surface area contributed by atoms with Crippen molar-refractivity contribution in [2.75, 3.05) is 18.5 Å². The van der Waals surface area contributed by atoms with Crippen LogP contribution in [0.4, 0.5) is 5.69 Å². The maximum absolute atomic E-state index is 12.9. The lowest BCUT2D eigenvalue weighted by Crippen LogP contribution is -2.38. The van der Waals surface area contributed by atoms with Gasteiger partial charge in [0.25, 0.3) is 5.91 Å². The molecule has 10 heteroatoms. The van der Waals surface area contributed by atoms with Crippen molar-refractivity contribution >= 4 is 42.5 Å². The number of aromatic nitrogens is 2. The SMILES string of the molecule is CC(=O)CNC(=O)c1cnc2c(ccn2COCC[Si](C)(C)C)c1NC1CC(CC(=O)OC(C)(C)C)C1. The van der Waals surface area contributed by atoms with Crippen LogP contribution in [0.3, 0.4) is 0 Å². The van der Waals surface area contributed by atoms with Gasteiger partial charge in [-0.25, -0.2) is 4.98 Å². The summed E-state index contributed by atoms with van der Waals surface area (Å²) in [6.07, 6.45) is 5.46. The molecule has 0 radical (unpaired) electrons. The molecule has 0 saturated heterocycles. The first-order chi connectivity index (χ1) is 17.2. The van der Waals surface area contributed by atoms with Gasteiger partial charge in [0.2, 0.25) is 0 Å². The number of rotatable bonds is 12. The van der Waals surface area contributed by atoms with Crippen molar-refractivity contribution in [1.29, 1.82) is 0 Å². The molecule has 0 spiro atoms. The molecule has 2 aromatic rings. The highest BCUT2D eigenvalue weighted by atomic mass is 28.3. The quantitative estimate of drug-likeness (QED) is 0.234. The van der Waals surface area contributed by atoms with Crippen LogP contribution in [0.25, 0.3) is 11.0 Å². The molecule has 0 atom stereocenters. The maximum Gasteiger partial charge on any atom is 0.306 e. The molecule has 2 heterocycles. The van der Waals surface area contributed by atoms with Gasteiger partial charge in [-0.3, -0.25) is 14.4 Å². The van der Waals surface area contributed by atoms with Crippen molar-refractivity contribution in [2.24, 2.45) is 5.92 Å². The summed E-state index contributed by atoms with van der Waals surface area (Å²) in [5.74, 6) is -0.417. The molecule has 1 amide bonds. The number of fused-ring (bicyclic) bond motifs is 1. The van der Waals surface area contributed by atoms with E-state index in [9.17, 15) is 14.4 Å². The van der Waals surface area contributed by atoms with E-state index in [-0.39, 0.29) is 36.2 Å². The Morgan fingerprint density at radius 1 is 1.19 bits per heavy atom. The predicted octanol–water partition coefficient (Wildman–Crippen LogP) is 4.59. The van der Waals surface area contributed by atoms with E-state index in [0.717, 1.165) is 29.9 Å². The average Bonchev–Trinajstić information content (AvgIpc) is 3.15. The molecule has 2 aromatic heterocycles. The molecule has 1 saturated carbocycles. The highest BCUT2D eigenvalue weighted by Gasteiger charge is 2.33. The van der Waals surface area contributed by atoms with Crippen LogP contribution in [0.15, 0.2) is 18.5 Å². The van der Waals surface area contributed by atoms with Gasteiger partial charge in [0.1, 0.15) is 23.8 Å². The average molecular weight is 531 g/mol. The van der Waals surface area contributed by atoms with Crippen LogP contribution in [-0.4, -0.2) is 60.1 Å². The van der Waals surface area contributed by atoms with Gasteiger partial charge in [0.05, 0.1) is 17.8 Å². The van der Waals surface area contributed by atoms with E-state index in [2.05, 4.69) is 35.3 Å². The highest BCUT2D eigenvalue weighted by Crippen LogP contribution is 2.36. The van der Waals surface area contributed by atoms with Crippen molar-refractivity contribution in [3.05, 3.63) is 24.0 Å². The van der Waals surface area contributed by atoms with E-state index in [1.54, 1.807) is 6.20 Å². The maximum atomic E-state index is 12.9. The number of hydrogen-bond donors (Lipinski definition) is 2. The topological polar surface area (TPSA) is 112 Å². The predicted molar refractivity (Wildman–Crippen MR) is 147 cm³/mol. The standard InChI is InChI=1S/C27H42N4O5Si/c1-18(32)15-29-26(34)22-16-28-25-21(8-9-31(25)17-35-10-11-37(5,6)7)24(22)30-20-12-19(13-20)14-23(33)36-27(2,3)4/h8-9,16,19-20H,10-15,17H2,1-7H3,(H,28,30)(H,29,34). The lowest BCUT2D eigenvalue weighted by molar-refractivity contribution is -0.156. The van der Waals surface area contributed by atoms with Crippen LogP contribution in [0.5, 0.6) is 0 Å². The van der Waals surface area contributed by atoms with Gasteiger partial charge in [-0.1, -0.05) is 19.6 Å². The van der Waals surface area contributed by atoms with Crippen molar-refractivity contribution in [3.8, 4) is 0 Å². The number of hydrogen-bond acceptors (Lipinski definition) is 7. The Labute approximate surface area is 220 Å². The Hall–Kier alpha value is -2.72. The number of amides is 1. The van der Waals surface area contributed by atoms with Crippen LogP contribution in [0.2, 0.25) is 25.7 Å². The number of ether oxygens (including phenoxy) is 2. The normalized spacial score (nSPS) is 17.8. The minimum absolute atomic E-state index is 0.0381. The first kappa shape index (κ1) is 28.8. The Morgan fingerprint density at radius 2 is 1.89 bits per heavy atom. The van der Waals surface area contributed by atoms with Gasteiger partial charge in [0, 0.05) is 44.9 Å². The molecular weight excluding hydrogens is 488 g/mol. The molecule has 0 bridgehead atoms. The fourth-order valence-electron chi connectivity index (χ4n) is 4.25. The van der Waals surface area contributed by atoms with Crippen LogP contribution < -0.4 is 10.6 Å². The second-order valence-corrected chi connectivity index (χ2v) is 17.9. The molecule has 2 N–H and O–H groups in total. The molecule has 204 valence electrons. The third-order valence-corrected chi connectivity index (χ3v) is 7.92. The number of pyridine rings is 1. The van der Waals surface area contributed by atoms with Crippen molar-refractivity contribution < 1.29 is 23.9 Å². The zero-order chi connectivity index (χ0) is 27.4. The molecule has 37 heavy (non-hydrogen) atoms. The summed E-state index contributed by atoms with van der Waals surface area (Å²) >= 11 is 0. The van der Waals surface area contributed by atoms with E-state index >= 15 is 0 Å². The molecule has 3 rings (SSSR count). The Kier molecular flexibility index (Phi) is 9.17. The number of Topliss-reactive ketones (excluding diaryl/α,β-unsaturated/α-hetero) is 1. The second kappa shape index (κ2) is 11.8. The molecule has 1 fully saturated rings. The van der Waals surface area contributed by atoms with E-state index in [0.29, 0.717) is 31.0 Å². The number of anilines is 1. The van der Waals surface area contributed by atoms with Gasteiger partial charge in [-0.2, -0.15) is 0 Å². The summed E-state index contributed by atoms with van der Waals surface area (Å²) in [7, 11) is -1.18. The van der Waals surface area contributed by atoms with Crippen molar-refractivity contribution in [1.82, 2.24) is 14.9 Å². The fraction of sp³-hybridized carbons (Fsp3) is 0.630. The number of carbonyl (C=O) groups excluding carboxylic acids is 3. The number of nitrogens with zero attached hydrogens (tertiary/aromatic N) is 2. The highest BCUT2D eigenvalue weighted by molar-refractivity contribution is 6.76. The number of esters is 1. The number of nitrogens with one attached hydrogen (secondary N) is 2. The summed E-state index contributed by atoms with van der Waals surface area (Å²) in [5, 5.41) is 7.02. The van der Waals surface area contributed by atoms with Crippen LogP contribution in [0, 0.1) is 5.92 Å². The van der Waals surface area contributed by atoms with Crippen LogP contribution >= 0.6 is 0 Å². The molecule has 9 nitrogen and oxygen atoms in total. The largest absolute Gasteiger partial charge is 0.460 e. The van der Waals surface area contributed by atoms with Crippen molar-refractivity contribution in [2.45, 2.75) is 91.0 Å². The lowest BCUT2D eigenvalue weighted by Gasteiger charge is -2.37. The molecular formula is C27H42N4O5Si. The van der Waals surface area contributed by atoms with Crippen LogP contribution in [0.1, 0.15) is 57.3 Å². The molecule has 0 unspecified atom stereocenters. The van der Waals surface area contributed by atoms with E-state index in [1.807, 2.05) is 37.6 Å². The Morgan fingerprint density at radius 3 is 2.51 bits per heavy atom. The van der Waals surface area contributed by atoms with Gasteiger partial charge in [-0.05, 0) is 58.6 Å². The molecule has 1 aliphatic rings. The van der Waals surface area contributed by atoms with Gasteiger partial charge >= 0.3 is 5.97 Å². The van der Waals surface area contributed by atoms with Crippen LogP contribution in [-0.2, 0) is 25.8 Å². The third kappa shape index (κ3) is 8.67. The van der Waals surface area contributed by atoms with E-state index < -0.39 is 13.7 Å². The smallest absolute Gasteiger partial charge is 0.306 e. The summed E-state index contributed by atoms with van der Waals surface area (Å²) in [6.45, 7) is 15.0. The molecule has 0 aliphatic heterocycles. The molecule has 1 aliphatic carbocycles. The Balaban J connectivity index is 1.74. The minimum Gasteiger partial charge on any atom is -0.460 e. The van der Waals surface area contributed by atoms with E-state index in [4.69, 9.17) is 9.47 Å². The van der Waals surface area contributed by atoms with Gasteiger partial charge in [-0.15, -0.1) is 0 Å². The van der Waals surface area contributed by atoms with E-state index in [1.165, 1.54) is 6.92 Å². The summed E-state index contributed by atoms with van der Waals surface area (Å²) in [6, 6.07) is 3.14. The Bertz CT molecular complexity index is 1130. The molecule has 0 aromatic carbocycles. The third-order valence-electron chi connectivity index (χ3n) is 6.22. The first-order valence-corrected chi connectivity index (χ1v) is 16.7. The zero-order valence-corrected chi connectivity index (χ0v) is 24.3. The fourth-order valence-corrected chi connectivity index (χ4v) is 5.01. The lowest BCUT2D eigenvalue weighted by atomic mass is 9.78. The zero-order valence-electron chi connectivity index (χ0n) is 23.3. The minimum atomic E-state index is -1.18. The second-order valence-electron chi connectivity index (χ2n) is 12.3. The first-order valence-electron chi connectivity index (χ1n) is 13.0. The van der Waals surface area contributed by atoms with Gasteiger partial charge in [0.15, 0.2) is 0 Å². The summed E-state index contributed by atoms with van der Waals surface area (Å²) in [5.41, 5.74) is 1.31.